The summed E-state index contributed by atoms with van der Waals surface area (Å²) in [4.78, 5) is 0. The van der Waals surface area contributed by atoms with Crippen LogP contribution in [0.4, 0.5) is 0 Å². The van der Waals surface area contributed by atoms with Crippen molar-refractivity contribution < 1.29 is 0 Å². The summed E-state index contributed by atoms with van der Waals surface area (Å²) < 4.78 is 0. The highest BCUT2D eigenvalue weighted by molar-refractivity contribution is 7.47. The van der Waals surface area contributed by atoms with Crippen LogP contribution in [-0.4, -0.2) is 0 Å². The van der Waals surface area contributed by atoms with Gasteiger partial charge in [0.15, 0.2) is 0 Å². The van der Waals surface area contributed by atoms with Crippen molar-refractivity contribution in [2.45, 2.75) is 39.5 Å². The molecule has 1 aromatic heterocycles. The summed E-state index contributed by atoms with van der Waals surface area (Å²) >= 11 is 0. The zero-order valence-electron chi connectivity index (χ0n) is 7.68. The van der Waals surface area contributed by atoms with Crippen molar-refractivity contribution >= 4 is 16.4 Å². The lowest BCUT2D eigenvalue weighted by atomic mass is 9.93. The van der Waals surface area contributed by atoms with Crippen LogP contribution in [-0.2, 0) is 11.8 Å². The van der Waals surface area contributed by atoms with Crippen molar-refractivity contribution in [1.29, 1.82) is 0 Å². The van der Waals surface area contributed by atoms with E-state index in [2.05, 4.69) is 33.2 Å². The predicted molar refractivity (Wildman–Crippen MR) is 55.1 cm³/mol. The average molecular weight is 185 g/mol. The Kier molecular flexibility index (Phi) is 2.79. The van der Waals surface area contributed by atoms with Crippen molar-refractivity contribution in [1.82, 2.24) is 0 Å². The van der Waals surface area contributed by atoms with Crippen LogP contribution in [0, 0.1) is 0 Å². The minimum absolute atomic E-state index is 0.382. The second-order valence-corrected chi connectivity index (χ2v) is 6.20. The van der Waals surface area contributed by atoms with Crippen LogP contribution in [0.15, 0.2) is 5.53 Å². The van der Waals surface area contributed by atoms with Crippen LogP contribution in [0.25, 0.3) is 0 Å². The van der Waals surface area contributed by atoms with Crippen molar-refractivity contribution in [2.24, 2.45) is 0 Å². The Bertz CT molecular complexity index is 230. The fourth-order valence-electron chi connectivity index (χ4n) is 1.18. The molecule has 2 heteroatoms. The van der Waals surface area contributed by atoms with Gasteiger partial charge in [0.1, 0.15) is 0 Å². The molecule has 0 spiro atoms. The maximum absolute atomic E-state index is 2.35. The van der Waals surface area contributed by atoms with E-state index in [9.17, 15) is 0 Å². The van der Waals surface area contributed by atoms with Gasteiger partial charge in [-0.25, -0.2) is 0 Å². The molecule has 0 fully saturated rings. The third-order valence-electron chi connectivity index (χ3n) is 1.72. The summed E-state index contributed by atoms with van der Waals surface area (Å²) in [6.07, 6.45) is 1.22. The van der Waals surface area contributed by atoms with E-state index in [-0.39, 0.29) is 0 Å². The molecule has 0 nitrogen and oxygen atoms in total. The van der Waals surface area contributed by atoms with E-state index in [0.717, 1.165) is 0 Å². The Morgan fingerprint density at radius 2 is 2.09 bits per heavy atom. The van der Waals surface area contributed by atoms with Crippen LogP contribution in [0.5, 0.6) is 0 Å². The van der Waals surface area contributed by atoms with Gasteiger partial charge in [0.25, 0.3) is 0 Å². The lowest BCUT2D eigenvalue weighted by Gasteiger charge is -2.24. The molecule has 1 heterocycles. The summed E-state index contributed by atoms with van der Waals surface area (Å²) in [6.45, 7) is 9.17. The van der Waals surface area contributed by atoms with Gasteiger partial charge >= 0.3 is 0 Å². The Hall–Kier alpha value is 0.210. The molecule has 0 saturated carbocycles. The summed E-state index contributed by atoms with van der Waals surface area (Å²) in [5.41, 5.74) is 2.73. The third-order valence-corrected chi connectivity index (χ3v) is 4.87. The zero-order valence-corrected chi connectivity index (χ0v) is 9.47. The Morgan fingerprint density at radius 1 is 1.45 bits per heavy atom. The van der Waals surface area contributed by atoms with Crippen molar-refractivity contribution in [2.75, 3.05) is 0 Å². The lowest BCUT2D eigenvalue weighted by Crippen LogP contribution is -2.09. The van der Waals surface area contributed by atoms with Crippen LogP contribution in [0.3, 0.4) is 0 Å². The summed E-state index contributed by atoms with van der Waals surface area (Å²) in [5.74, 6) is 0. The van der Waals surface area contributed by atoms with E-state index >= 15 is 0 Å². The quantitative estimate of drug-likeness (QED) is 0.607. The number of aryl methyl sites for hydroxylation is 1. The van der Waals surface area contributed by atoms with Crippen LogP contribution in [0.2, 0.25) is 0 Å². The van der Waals surface area contributed by atoms with E-state index in [1.165, 1.54) is 22.8 Å². The average Bonchev–Trinajstić information content (AvgIpc) is 2.31. The Labute approximate surface area is 72.6 Å². The molecular weight excluding hydrogens is 170 g/mol. The molecule has 0 amide bonds. The second kappa shape index (κ2) is 3.30. The largest absolute Gasteiger partial charge is 0.311 e. The molecule has 0 aliphatic carbocycles. The molecule has 1 aromatic rings. The highest BCUT2D eigenvalue weighted by Crippen LogP contribution is 2.39. The van der Waals surface area contributed by atoms with Gasteiger partial charge in [-0.05, 0) is 11.8 Å². The van der Waals surface area contributed by atoms with Crippen LogP contribution >= 0.6 is 16.4 Å². The molecule has 0 atom stereocenters. The first kappa shape index (κ1) is 9.30. The summed E-state index contributed by atoms with van der Waals surface area (Å²) in [5, 5.41) is 3.28. The highest BCUT2D eigenvalue weighted by Gasteiger charge is 2.11. The Balaban J connectivity index is 3.02. The molecule has 0 bridgehead atoms. The van der Waals surface area contributed by atoms with Crippen molar-refractivity contribution in [3.63, 3.8) is 0 Å². The minimum Gasteiger partial charge on any atom is -0.311 e. The van der Waals surface area contributed by atoms with Crippen LogP contribution < -0.4 is 0 Å². The van der Waals surface area contributed by atoms with Gasteiger partial charge in [-0.15, -0.1) is 10.6 Å². The maximum Gasteiger partial charge on any atom is -0.0274 e. The van der Waals surface area contributed by atoms with Crippen LogP contribution in [0.1, 0.15) is 38.3 Å². The van der Waals surface area contributed by atoms with E-state index in [0.29, 0.717) is 5.41 Å². The predicted octanol–water partition coefficient (Wildman–Crippen LogP) is 4.43. The molecule has 0 saturated heterocycles. The molecule has 0 radical (unpaired) electrons. The van der Waals surface area contributed by atoms with Gasteiger partial charge in [-0.1, -0.05) is 27.7 Å². The Morgan fingerprint density at radius 3 is 2.45 bits per heavy atom. The van der Waals surface area contributed by atoms with Gasteiger partial charge in [-0.2, -0.15) is 5.53 Å². The fourth-order valence-corrected chi connectivity index (χ4v) is 4.11. The van der Waals surface area contributed by atoms with Crippen molar-refractivity contribution in [3.05, 3.63) is 16.1 Å². The lowest BCUT2D eigenvalue weighted by molar-refractivity contribution is 0.600. The molecular formula is C9H15P2-. The summed E-state index contributed by atoms with van der Waals surface area (Å²) in [6, 6.07) is 0. The summed E-state index contributed by atoms with van der Waals surface area (Å²) in [7, 11) is 2.91. The molecule has 0 unspecified atom stereocenters. The van der Waals surface area contributed by atoms with Gasteiger partial charge < -0.3 is 16.4 Å². The molecule has 0 N–H and O–H groups in total. The first-order valence-electron chi connectivity index (χ1n) is 4.02. The van der Waals surface area contributed by atoms with Gasteiger partial charge in [0.05, 0.1) is 0 Å². The standard InChI is InChI=1S/C9H15P2/c1-5-7-8(9(2,3)4)11-6-10-7/h6H,5H2,1-4H3/q-1. The number of rotatable bonds is 1. The number of hydrogen-bond donors (Lipinski definition) is 0. The fraction of sp³-hybridized carbons (Fsp3) is 0.667. The van der Waals surface area contributed by atoms with E-state index < -0.39 is 0 Å². The first-order chi connectivity index (χ1) is 5.05. The maximum atomic E-state index is 2.35. The minimum atomic E-state index is 0.382. The molecule has 11 heavy (non-hydrogen) atoms. The van der Waals surface area contributed by atoms with Gasteiger partial charge in [0.2, 0.25) is 0 Å². The third kappa shape index (κ3) is 2.08. The smallest absolute Gasteiger partial charge is 0.0274 e. The monoisotopic (exact) mass is 185 g/mol. The van der Waals surface area contributed by atoms with Gasteiger partial charge in [-0.3, -0.25) is 0 Å². The highest BCUT2D eigenvalue weighted by atomic mass is 31.1. The molecule has 62 valence electrons. The number of hydrogen-bond acceptors (Lipinski definition) is 0. The molecule has 0 aliphatic heterocycles. The van der Waals surface area contributed by atoms with E-state index in [1.807, 2.05) is 0 Å². The first-order valence-corrected chi connectivity index (χ1v) is 5.95. The van der Waals surface area contributed by atoms with E-state index in [1.54, 1.807) is 10.6 Å². The van der Waals surface area contributed by atoms with Crippen molar-refractivity contribution in [3.8, 4) is 0 Å². The zero-order chi connectivity index (χ0) is 8.48. The molecule has 0 aliphatic rings. The normalized spacial score (nSPS) is 13.5. The topological polar surface area (TPSA) is 0 Å². The SMILES string of the molecule is CCc1pc[p-]c1C(C)(C)C. The van der Waals surface area contributed by atoms with Gasteiger partial charge in [0, 0.05) is 0 Å². The van der Waals surface area contributed by atoms with E-state index in [4.69, 9.17) is 0 Å². The molecule has 0 aromatic carbocycles. The second-order valence-electron chi connectivity index (χ2n) is 3.77. The molecule has 1 rings (SSSR count).